The zero-order chi connectivity index (χ0) is 18.1. The van der Waals surface area contributed by atoms with Crippen LogP contribution in [-0.4, -0.2) is 42.8 Å². The number of rotatable bonds is 2. The SMILES string of the molecule is C[C@H]1C(=O)N(c2ccc3c(c2)OCO3)CCN1C(=O)Nc1ccccc1. The van der Waals surface area contributed by atoms with E-state index in [2.05, 4.69) is 5.32 Å². The highest BCUT2D eigenvalue weighted by Gasteiger charge is 2.35. The molecule has 1 fully saturated rings. The Hall–Kier alpha value is -3.22. The van der Waals surface area contributed by atoms with Crippen LogP contribution >= 0.6 is 0 Å². The summed E-state index contributed by atoms with van der Waals surface area (Å²) in [4.78, 5) is 28.6. The number of benzene rings is 2. The topological polar surface area (TPSA) is 71.1 Å². The third-order valence-corrected chi connectivity index (χ3v) is 4.61. The monoisotopic (exact) mass is 353 g/mol. The maximum absolute atomic E-state index is 12.8. The number of hydrogen-bond acceptors (Lipinski definition) is 4. The standard InChI is InChI=1S/C19H19N3O4/c1-13-18(23)22(15-7-8-16-17(11-15)26-12-25-16)10-9-21(13)19(24)20-14-5-3-2-4-6-14/h2-8,11,13H,9-10,12H2,1H3,(H,20,24)/t13-/m0/s1. The quantitative estimate of drug-likeness (QED) is 0.901. The second-order valence-electron chi connectivity index (χ2n) is 6.19. The molecule has 1 N–H and O–H groups in total. The van der Waals surface area contributed by atoms with E-state index in [9.17, 15) is 9.59 Å². The van der Waals surface area contributed by atoms with Crippen molar-refractivity contribution in [2.75, 3.05) is 30.1 Å². The van der Waals surface area contributed by atoms with Gasteiger partial charge in [0.25, 0.3) is 0 Å². The zero-order valence-corrected chi connectivity index (χ0v) is 14.3. The van der Waals surface area contributed by atoms with Crippen molar-refractivity contribution < 1.29 is 19.1 Å². The molecule has 134 valence electrons. The summed E-state index contributed by atoms with van der Waals surface area (Å²) in [5.41, 5.74) is 1.45. The Morgan fingerprint density at radius 3 is 2.65 bits per heavy atom. The first-order chi connectivity index (χ1) is 12.6. The van der Waals surface area contributed by atoms with E-state index in [1.807, 2.05) is 36.4 Å². The number of carbonyl (C=O) groups is 2. The maximum atomic E-state index is 12.8. The fourth-order valence-corrected chi connectivity index (χ4v) is 3.17. The molecule has 0 bridgehead atoms. The molecule has 7 nitrogen and oxygen atoms in total. The Bertz CT molecular complexity index is 840. The van der Waals surface area contributed by atoms with Gasteiger partial charge in [0, 0.05) is 30.5 Å². The Labute approximate surface area is 151 Å². The van der Waals surface area contributed by atoms with Crippen molar-refractivity contribution in [2.45, 2.75) is 13.0 Å². The van der Waals surface area contributed by atoms with Gasteiger partial charge in [0.15, 0.2) is 11.5 Å². The molecule has 7 heteroatoms. The molecular weight excluding hydrogens is 334 g/mol. The minimum absolute atomic E-state index is 0.127. The van der Waals surface area contributed by atoms with Crippen molar-refractivity contribution >= 4 is 23.3 Å². The number of urea groups is 1. The average molecular weight is 353 g/mol. The number of nitrogens with zero attached hydrogens (tertiary/aromatic N) is 2. The van der Waals surface area contributed by atoms with Gasteiger partial charge >= 0.3 is 6.03 Å². The molecule has 26 heavy (non-hydrogen) atoms. The van der Waals surface area contributed by atoms with Gasteiger partial charge in [0.1, 0.15) is 6.04 Å². The Balaban J connectivity index is 1.47. The molecule has 4 rings (SSSR count). The van der Waals surface area contributed by atoms with E-state index >= 15 is 0 Å². The van der Waals surface area contributed by atoms with Gasteiger partial charge in [-0.2, -0.15) is 0 Å². The van der Waals surface area contributed by atoms with Crippen molar-refractivity contribution in [1.82, 2.24) is 4.90 Å². The summed E-state index contributed by atoms with van der Waals surface area (Å²) in [5.74, 6) is 1.18. The average Bonchev–Trinajstić information content (AvgIpc) is 3.12. The molecule has 3 amide bonds. The van der Waals surface area contributed by atoms with E-state index in [0.29, 0.717) is 30.3 Å². The van der Waals surface area contributed by atoms with Gasteiger partial charge in [-0.05, 0) is 31.2 Å². The highest BCUT2D eigenvalue weighted by molar-refractivity contribution is 6.02. The van der Waals surface area contributed by atoms with E-state index in [0.717, 1.165) is 5.69 Å². The molecule has 1 saturated heterocycles. The molecule has 2 aromatic rings. The van der Waals surface area contributed by atoms with Crippen molar-refractivity contribution in [2.24, 2.45) is 0 Å². The Morgan fingerprint density at radius 1 is 1.08 bits per heavy atom. The van der Waals surface area contributed by atoms with Crippen LogP contribution in [0, 0.1) is 0 Å². The molecule has 2 aromatic carbocycles. The van der Waals surface area contributed by atoms with E-state index < -0.39 is 6.04 Å². The van der Waals surface area contributed by atoms with Crippen LogP contribution in [0.4, 0.5) is 16.2 Å². The lowest BCUT2D eigenvalue weighted by Gasteiger charge is -2.39. The zero-order valence-electron chi connectivity index (χ0n) is 14.3. The molecule has 0 saturated carbocycles. The summed E-state index contributed by atoms with van der Waals surface area (Å²) in [5, 5.41) is 2.83. The number of para-hydroxylation sites is 1. The van der Waals surface area contributed by atoms with Gasteiger partial charge in [-0.1, -0.05) is 18.2 Å². The number of carbonyl (C=O) groups excluding carboxylic acids is 2. The van der Waals surface area contributed by atoms with E-state index in [4.69, 9.17) is 9.47 Å². The number of amides is 3. The largest absolute Gasteiger partial charge is 0.454 e. The summed E-state index contributed by atoms with van der Waals surface area (Å²) < 4.78 is 10.7. The van der Waals surface area contributed by atoms with E-state index in [-0.39, 0.29) is 18.7 Å². The van der Waals surface area contributed by atoms with Gasteiger partial charge < -0.3 is 24.6 Å². The number of fused-ring (bicyclic) bond motifs is 1. The Kier molecular flexibility index (Phi) is 4.12. The molecule has 0 unspecified atom stereocenters. The van der Waals surface area contributed by atoms with Crippen molar-refractivity contribution in [3.05, 3.63) is 48.5 Å². The normalized spacial score (nSPS) is 18.8. The van der Waals surface area contributed by atoms with Crippen LogP contribution in [0.1, 0.15) is 6.92 Å². The number of nitrogens with one attached hydrogen (secondary N) is 1. The molecule has 0 aromatic heterocycles. The predicted molar refractivity (Wildman–Crippen MR) is 96.5 cm³/mol. The second kappa shape index (κ2) is 6.59. The minimum Gasteiger partial charge on any atom is -0.454 e. The fourth-order valence-electron chi connectivity index (χ4n) is 3.17. The van der Waals surface area contributed by atoms with Crippen molar-refractivity contribution in [1.29, 1.82) is 0 Å². The Morgan fingerprint density at radius 2 is 1.85 bits per heavy atom. The van der Waals surface area contributed by atoms with Gasteiger partial charge in [0.2, 0.25) is 12.7 Å². The smallest absolute Gasteiger partial charge is 0.322 e. The van der Waals surface area contributed by atoms with Crippen LogP contribution in [0.2, 0.25) is 0 Å². The number of piperazine rings is 1. The van der Waals surface area contributed by atoms with Gasteiger partial charge in [0.05, 0.1) is 0 Å². The van der Waals surface area contributed by atoms with Crippen LogP contribution in [0.3, 0.4) is 0 Å². The van der Waals surface area contributed by atoms with E-state index in [1.54, 1.807) is 28.9 Å². The summed E-state index contributed by atoms with van der Waals surface area (Å²) >= 11 is 0. The van der Waals surface area contributed by atoms with Crippen LogP contribution in [0.5, 0.6) is 11.5 Å². The van der Waals surface area contributed by atoms with Gasteiger partial charge in [-0.3, -0.25) is 4.79 Å². The fraction of sp³-hybridized carbons (Fsp3) is 0.263. The first-order valence-corrected chi connectivity index (χ1v) is 8.47. The molecular formula is C19H19N3O4. The maximum Gasteiger partial charge on any atom is 0.322 e. The van der Waals surface area contributed by atoms with Crippen molar-refractivity contribution in [3.63, 3.8) is 0 Å². The molecule has 1 atom stereocenters. The summed E-state index contributed by atoms with van der Waals surface area (Å²) in [6, 6.07) is 13.8. The lowest BCUT2D eigenvalue weighted by Crippen LogP contribution is -2.58. The van der Waals surface area contributed by atoms with E-state index in [1.165, 1.54) is 0 Å². The molecule has 2 aliphatic rings. The van der Waals surface area contributed by atoms with Crippen LogP contribution in [0.25, 0.3) is 0 Å². The van der Waals surface area contributed by atoms with Crippen LogP contribution in [-0.2, 0) is 4.79 Å². The molecule has 2 aliphatic heterocycles. The predicted octanol–water partition coefficient (Wildman–Crippen LogP) is 2.68. The number of ether oxygens (including phenoxy) is 2. The summed E-state index contributed by atoms with van der Waals surface area (Å²) in [6.45, 7) is 2.80. The summed E-state index contributed by atoms with van der Waals surface area (Å²) in [6.07, 6.45) is 0. The number of hydrogen-bond donors (Lipinski definition) is 1. The lowest BCUT2D eigenvalue weighted by molar-refractivity contribution is -0.123. The van der Waals surface area contributed by atoms with Gasteiger partial charge in [-0.15, -0.1) is 0 Å². The first-order valence-electron chi connectivity index (χ1n) is 8.47. The molecule has 0 aliphatic carbocycles. The highest BCUT2D eigenvalue weighted by atomic mass is 16.7. The van der Waals surface area contributed by atoms with Gasteiger partial charge in [-0.25, -0.2) is 4.79 Å². The van der Waals surface area contributed by atoms with Crippen LogP contribution in [0.15, 0.2) is 48.5 Å². The molecule has 0 radical (unpaired) electrons. The number of anilines is 2. The second-order valence-corrected chi connectivity index (χ2v) is 6.19. The summed E-state index contributed by atoms with van der Waals surface area (Å²) in [7, 11) is 0. The third kappa shape index (κ3) is 2.92. The first kappa shape index (κ1) is 16.3. The molecule has 2 heterocycles. The third-order valence-electron chi connectivity index (χ3n) is 4.61. The van der Waals surface area contributed by atoms with Crippen molar-refractivity contribution in [3.8, 4) is 11.5 Å². The highest BCUT2D eigenvalue weighted by Crippen LogP contribution is 2.36. The minimum atomic E-state index is -0.558. The molecule has 0 spiro atoms. The lowest BCUT2D eigenvalue weighted by atomic mass is 10.1. The van der Waals surface area contributed by atoms with Crippen LogP contribution < -0.4 is 19.7 Å².